The summed E-state index contributed by atoms with van der Waals surface area (Å²) in [6.07, 6.45) is 2.67. The average Bonchev–Trinajstić information content (AvgIpc) is 2.42. The van der Waals surface area contributed by atoms with Gasteiger partial charge in [-0.2, -0.15) is 0 Å². The highest BCUT2D eigenvalue weighted by Gasteiger charge is 2.23. The average molecular weight is 189 g/mol. The highest BCUT2D eigenvalue weighted by atomic mass is 16.1. The minimum absolute atomic E-state index is 0.252. The SMILES string of the molecule is C=C(C)c1c(C)[nH]c2c1CCCC2=O. The van der Waals surface area contributed by atoms with Crippen LogP contribution in [0, 0.1) is 6.92 Å². The summed E-state index contributed by atoms with van der Waals surface area (Å²) in [5, 5.41) is 0. The number of ketones is 1. The monoisotopic (exact) mass is 189 g/mol. The Hall–Kier alpha value is -1.31. The van der Waals surface area contributed by atoms with Crippen LogP contribution in [0.15, 0.2) is 6.58 Å². The van der Waals surface area contributed by atoms with Gasteiger partial charge in [-0.25, -0.2) is 0 Å². The number of aromatic amines is 1. The zero-order valence-corrected chi connectivity index (χ0v) is 8.74. The number of hydrogen-bond donors (Lipinski definition) is 1. The summed E-state index contributed by atoms with van der Waals surface area (Å²) in [7, 11) is 0. The van der Waals surface area contributed by atoms with E-state index >= 15 is 0 Å². The number of rotatable bonds is 1. The van der Waals surface area contributed by atoms with Gasteiger partial charge in [-0.05, 0) is 37.8 Å². The van der Waals surface area contributed by atoms with Crippen LogP contribution in [0.5, 0.6) is 0 Å². The molecule has 1 aromatic heterocycles. The molecule has 0 bridgehead atoms. The molecule has 1 aliphatic rings. The number of Topliss-reactive ketones (excluding diaryl/α,β-unsaturated/α-hetero) is 1. The molecule has 0 fully saturated rings. The summed E-state index contributed by atoms with van der Waals surface area (Å²) in [4.78, 5) is 14.8. The third-order valence-corrected chi connectivity index (χ3v) is 2.83. The van der Waals surface area contributed by atoms with Gasteiger partial charge in [-0.1, -0.05) is 6.58 Å². The lowest BCUT2D eigenvalue weighted by molar-refractivity contribution is 0.0968. The van der Waals surface area contributed by atoms with Crippen LogP contribution in [0.25, 0.3) is 5.57 Å². The van der Waals surface area contributed by atoms with E-state index in [4.69, 9.17) is 0 Å². The van der Waals surface area contributed by atoms with Crippen LogP contribution >= 0.6 is 0 Å². The predicted octanol–water partition coefficient (Wildman–Crippen LogP) is 2.88. The van der Waals surface area contributed by atoms with Gasteiger partial charge in [0.05, 0.1) is 5.69 Å². The van der Waals surface area contributed by atoms with E-state index in [2.05, 4.69) is 11.6 Å². The molecule has 0 aliphatic heterocycles. The molecule has 2 rings (SSSR count). The molecule has 2 heteroatoms. The van der Waals surface area contributed by atoms with E-state index in [1.165, 1.54) is 11.1 Å². The molecule has 0 radical (unpaired) electrons. The van der Waals surface area contributed by atoms with E-state index in [-0.39, 0.29) is 5.78 Å². The van der Waals surface area contributed by atoms with Crippen LogP contribution in [-0.2, 0) is 6.42 Å². The van der Waals surface area contributed by atoms with Gasteiger partial charge in [-0.3, -0.25) is 4.79 Å². The van der Waals surface area contributed by atoms with Crippen molar-refractivity contribution in [3.05, 3.63) is 29.1 Å². The van der Waals surface area contributed by atoms with E-state index in [0.29, 0.717) is 6.42 Å². The van der Waals surface area contributed by atoms with Crippen molar-refractivity contribution in [2.75, 3.05) is 0 Å². The second-order valence-corrected chi connectivity index (χ2v) is 4.04. The topological polar surface area (TPSA) is 32.9 Å². The van der Waals surface area contributed by atoms with Crippen molar-refractivity contribution in [1.82, 2.24) is 4.98 Å². The summed E-state index contributed by atoms with van der Waals surface area (Å²) in [5.74, 6) is 0.252. The fraction of sp³-hybridized carbons (Fsp3) is 0.417. The highest BCUT2D eigenvalue weighted by molar-refractivity contribution is 5.98. The van der Waals surface area contributed by atoms with Crippen LogP contribution in [0.3, 0.4) is 0 Å². The summed E-state index contributed by atoms with van der Waals surface area (Å²) < 4.78 is 0. The maximum Gasteiger partial charge on any atom is 0.179 e. The third kappa shape index (κ3) is 1.22. The molecule has 0 unspecified atom stereocenters. The minimum atomic E-state index is 0.252. The lowest BCUT2D eigenvalue weighted by Crippen LogP contribution is -2.10. The first-order chi connectivity index (χ1) is 6.61. The van der Waals surface area contributed by atoms with Gasteiger partial charge >= 0.3 is 0 Å². The number of fused-ring (bicyclic) bond motifs is 1. The second-order valence-electron chi connectivity index (χ2n) is 4.04. The fourth-order valence-electron chi connectivity index (χ4n) is 2.29. The minimum Gasteiger partial charge on any atom is -0.355 e. The molecule has 1 aliphatic carbocycles. The summed E-state index contributed by atoms with van der Waals surface area (Å²) in [6.45, 7) is 7.97. The molecular formula is C12H15NO. The predicted molar refractivity (Wildman–Crippen MR) is 57.5 cm³/mol. The first-order valence-electron chi connectivity index (χ1n) is 5.01. The Morgan fingerprint density at radius 1 is 1.43 bits per heavy atom. The van der Waals surface area contributed by atoms with Gasteiger partial charge in [0.25, 0.3) is 0 Å². The highest BCUT2D eigenvalue weighted by Crippen LogP contribution is 2.30. The van der Waals surface area contributed by atoms with Crippen molar-refractivity contribution in [3.8, 4) is 0 Å². The first kappa shape index (κ1) is 9.25. The lowest BCUT2D eigenvalue weighted by atomic mass is 9.91. The van der Waals surface area contributed by atoms with Crippen LogP contribution in [0.1, 0.15) is 47.1 Å². The zero-order valence-electron chi connectivity index (χ0n) is 8.74. The molecule has 1 aromatic rings. The molecule has 0 spiro atoms. The van der Waals surface area contributed by atoms with E-state index in [0.717, 1.165) is 29.8 Å². The van der Waals surface area contributed by atoms with Crippen molar-refractivity contribution in [3.63, 3.8) is 0 Å². The molecule has 2 nitrogen and oxygen atoms in total. The summed E-state index contributed by atoms with van der Waals surface area (Å²) >= 11 is 0. The van der Waals surface area contributed by atoms with Crippen molar-refractivity contribution in [2.45, 2.75) is 33.1 Å². The maximum atomic E-state index is 11.6. The van der Waals surface area contributed by atoms with Gasteiger partial charge in [0.2, 0.25) is 0 Å². The Morgan fingerprint density at radius 3 is 2.79 bits per heavy atom. The fourth-order valence-corrected chi connectivity index (χ4v) is 2.29. The molecule has 0 saturated heterocycles. The molecule has 1 heterocycles. The maximum absolute atomic E-state index is 11.6. The summed E-state index contributed by atoms with van der Waals surface area (Å²) in [6, 6.07) is 0. The van der Waals surface area contributed by atoms with Crippen molar-refractivity contribution in [2.24, 2.45) is 0 Å². The molecule has 0 saturated carbocycles. The normalized spacial score (nSPS) is 15.4. The Morgan fingerprint density at radius 2 is 2.14 bits per heavy atom. The Bertz CT molecular complexity index is 412. The number of allylic oxidation sites excluding steroid dienone is 1. The molecule has 0 aromatic carbocycles. The number of aryl methyl sites for hydroxylation is 1. The third-order valence-electron chi connectivity index (χ3n) is 2.83. The molecule has 14 heavy (non-hydrogen) atoms. The van der Waals surface area contributed by atoms with Gasteiger partial charge in [0.1, 0.15) is 0 Å². The Labute approximate surface area is 84.0 Å². The molecular weight excluding hydrogens is 174 g/mol. The van der Waals surface area contributed by atoms with E-state index in [1.807, 2.05) is 13.8 Å². The number of carbonyl (C=O) groups excluding carboxylic acids is 1. The first-order valence-corrected chi connectivity index (χ1v) is 5.01. The molecule has 0 atom stereocenters. The van der Waals surface area contributed by atoms with Crippen molar-refractivity contribution >= 4 is 11.4 Å². The van der Waals surface area contributed by atoms with Gasteiger partial charge in [0.15, 0.2) is 5.78 Å². The van der Waals surface area contributed by atoms with Crippen molar-refractivity contribution in [1.29, 1.82) is 0 Å². The van der Waals surface area contributed by atoms with Gasteiger partial charge in [0, 0.05) is 17.7 Å². The summed E-state index contributed by atoms with van der Waals surface area (Å²) in [5.41, 5.74) is 5.32. The van der Waals surface area contributed by atoms with Gasteiger partial charge < -0.3 is 4.98 Å². The quantitative estimate of drug-likeness (QED) is 0.724. The number of aromatic nitrogens is 1. The zero-order chi connectivity index (χ0) is 10.3. The largest absolute Gasteiger partial charge is 0.355 e. The Balaban J connectivity index is 2.63. The standard InChI is InChI=1S/C12H15NO/c1-7(2)11-8(3)13-12-9(11)5-4-6-10(12)14/h13H,1,4-6H2,2-3H3. The number of H-pyrrole nitrogens is 1. The Kier molecular flexibility index (Phi) is 2.06. The van der Waals surface area contributed by atoms with Crippen molar-refractivity contribution < 1.29 is 4.79 Å². The van der Waals surface area contributed by atoms with E-state index in [9.17, 15) is 4.79 Å². The number of hydrogen-bond acceptors (Lipinski definition) is 1. The number of nitrogens with one attached hydrogen (secondary N) is 1. The second kappa shape index (κ2) is 3.12. The van der Waals surface area contributed by atoms with Gasteiger partial charge in [-0.15, -0.1) is 0 Å². The van der Waals surface area contributed by atoms with E-state index < -0.39 is 0 Å². The molecule has 74 valence electrons. The van der Waals surface area contributed by atoms with E-state index in [1.54, 1.807) is 0 Å². The molecule has 1 N–H and O–H groups in total. The number of carbonyl (C=O) groups is 1. The van der Waals surface area contributed by atoms with Crippen LogP contribution in [0.2, 0.25) is 0 Å². The smallest absolute Gasteiger partial charge is 0.179 e. The van der Waals surface area contributed by atoms with Crippen LogP contribution < -0.4 is 0 Å². The molecule has 0 amide bonds. The lowest BCUT2D eigenvalue weighted by Gasteiger charge is -2.11. The van der Waals surface area contributed by atoms with Crippen LogP contribution in [0.4, 0.5) is 0 Å². The van der Waals surface area contributed by atoms with Crippen LogP contribution in [-0.4, -0.2) is 10.8 Å².